The lowest BCUT2D eigenvalue weighted by atomic mass is 10.0. The molecule has 0 bridgehead atoms. The zero-order chi connectivity index (χ0) is 14.0. The number of hydrogen-bond acceptors (Lipinski definition) is 3. The molecule has 0 fully saturated rings. The molecule has 4 heteroatoms. The van der Waals surface area contributed by atoms with E-state index in [0.29, 0.717) is 5.56 Å². The van der Waals surface area contributed by atoms with Crippen molar-refractivity contribution in [3.63, 3.8) is 0 Å². The molecule has 1 heterocycles. The Kier molecular flexibility index (Phi) is 3.51. The smallest absolute Gasteiger partial charge is 0.248 e. The number of amides is 1. The van der Waals surface area contributed by atoms with Crippen molar-refractivity contribution in [3.8, 4) is 17.0 Å². The summed E-state index contributed by atoms with van der Waals surface area (Å²) in [5.74, 6) is 0.417. The van der Waals surface area contributed by atoms with Gasteiger partial charge in [0, 0.05) is 17.3 Å². The average molecular weight is 256 g/mol. The van der Waals surface area contributed by atoms with Gasteiger partial charge in [-0.1, -0.05) is 0 Å². The fourth-order valence-corrected chi connectivity index (χ4v) is 2.16. The van der Waals surface area contributed by atoms with Crippen molar-refractivity contribution in [2.45, 2.75) is 13.8 Å². The Bertz CT molecular complexity index is 613. The Balaban J connectivity index is 2.53. The number of nitrogens with two attached hydrogens (primary N) is 1. The van der Waals surface area contributed by atoms with Crippen LogP contribution in [0.5, 0.6) is 5.75 Å². The van der Waals surface area contributed by atoms with Crippen molar-refractivity contribution in [3.05, 3.63) is 47.2 Å². The topological polar surface area (TPSA) is 65.2 Å². The van der Waals surface area contributed by atoms with E-state index in [4.69, 9.17) is 10.5 Å². The average Bonchev–Trinajstić information content (AvgIpc) is 2.38. The van der Waals surface area contributed by atoms with Gasteiger partial charge in [0.25, 0.3) is 0 Å². The highest BCUT2D eigenvalue weighted by molar-refractivity contribution is 5.93. The van der Waals surface area contributed by atoms with Crippen LogP contribution >= 0.6 is 0 Å². The number of carbonyl (C=O) groups excluding carboxylic acids is 1. The third-order valence-electron chi connectivity index (χ3n) is 3.00. The quantitative estimate of drug-likeness (QED) is 0.917. The minimum Gasteiger partial charge on any atom is -0.496 e. The lowest BCUT2D eigenvalue weighted by Crippen LogP contribution is -2.11. The number of methoxy groups -OCH3 is 1. The number of carbonyl (C=O) groups is 1. The van der Waals surface area contributed by atoms with Gasteiger partial charge in [0.2, 0.25) is 5.91 Å². The second-order valence-electron chi connectivity index (χ2n) is 4.44. The largest absolute Gasteiger partial charge is 0.496 e. The number of aromatic nitrogens is 1. The summed E-state index contributed by atoms with van der Waals surface area (Å²) < 4.78 is 5.33. The van der Waals surface area contributed by atoms with Gasteiger partial charge < -0.3 is 10.5 Å². The van der Waals surface area contributed by atoms with Crippen LogP contribution in [0.1, 0.15) is 21.5 Å². The van der Waals surface area contributed by atoms with Gasteiger partial charge in [-0.25, -0.2) is 0 Å². The number of ether oxygens (including phenoxy) is 1. The summed E-state index contributed by atoms with van der Waals surface area (Å²) in [4.78, 5) is 15.5. The number of hydrogen-bond donors (Lipinski definition) is 1. The summed E-state index contributed by atoms with van der Waals surface area (Å²) >= 11 is 0. The van der Waals surface area contributed by atoms with E-state index in [1.54, 1.807) is 25.4 Å². The molecule has 98 valence electrons. The van der Waals surface area contributed by atoms with Crippen molar-refractivity contribution < 1.29 is 9.53 Å². The van der Waals surface area contributed by atoms with Gasteiger partial charge in [0.05, 0.1) is 12.8 Å². The Morgan fingerprint density at radius 2 is 1.84 bits per heavy atom. The maximum atomic E-state index is 11.2. The third kappa shape index (κ3) is 2.57. The minimum absolute atomic E-state index is 0.453. The zero-order valence-corrected chi connectivity index (χ0v) is 11.2. The first-order valence-corrected chi connectivity index (χ1v) is 5.94. The molecule has 19 heavy (non-hydrogen) atoms. The third-order valence-corrected chi connectivity index (χ3v) is 3.00. The van der Waals surface area contributed by atoms with Crippen molar-refractivity contribution in [2.24, 2.45) is 5.73 Å². The molecule has 1 aromatic carbocycles. The number of nitrogens with zero attached hydrogens (tertiary/aromatic N) is 1. The van der Waals surface area contributed by atoms with Crippen molar-refractivity contribution in [1.29, 1.82) is 0 Å². The fourth-order valence-electron chi connectivity index (χ4n) is 2.16. The van der Waals surface area contributed by atoms with Gasteiger partial charge in [-0.15, -0.1) is 0 Å². The van der Waals surface area contributed by atoms with Gasteiger partial charge in [-0.05, 0) is 49.2 Å². The second kappa shape index (κ2) is 5.10. The first-order chi connectivity index (χ1) is 9.02. The van der Waals surface area contributed by atoms with Crippen molar-refractivity contribution in [1.82, 2.24) is 4.98 Å². The van der Waals surface area contributed by atoms with E-state index in [1.165, 1.54) is 0 Å². The number of aryl methyl sites for hydroxylation is 2. The summed E-state index contributed by atoms with van der Waals surface area (Å²) in [6.45, 7) is 3.96. The first kappa shape index (κ1) is 13.1. The molecule has 2 aromatic rings. The van der Waals surface area contributed by atoms with Gasteiger partial charge in [0.15, 0.2) is 0 Å². The summed E-state index contributed by atoms with van der Waals surface area (Å²) in [7, 11) is 1.65. The highest BCUT2D eigenvalue weighted by Crippen LogP contribution is 2.29. The predicted octanol–water partition coefficient (Wildman–Crippen LogP) is 2.47. The van der Waals surface area contributed by atoms with Gasteiger partial charge in [-0.2, -0.15) is 0 Å². The van der Waals surface area contributed by atoms with Crippen LogP contribution in [0, 0.1) is 13.8 Å². The maximum absolute atomic E-state index is 11.2. The molecule has 0 aliphatic rings. The lowest BCUT2D eigenvalue weighted by Gasteiger charge is -2.11. The fraction of sp³-hybridized carbons (Fsp3) is 0.200. The standard InChI is InChI=1S/C15H16N2O2/c1-9-6-12(7-10(2)14(9)19-3)13-8-11(15(16)18)4-5-17-13/h4-8H,1-3H3,(H2,16,18). The molecule has 0 saturated heterocycles. The van der Waals surface area contributed by atoms with E-state index in [1.807, 2.05) is 26.0 Å². The highest BCUT2D eigenvalue weighted by atomic mass is 16.5. The van der Waals surface area contributed by atoms with E-state index in [2.05, 4.69) is 4.98 Å². The summed E-state index contributed by atoms with van der Waals surface area (Å²) in [6, 6.07) is 7.27. The van der Waals surface area contributed by atoms with E-state index in [-0.39, 0.29) is 0 Å². The van der Waals surface area contributed by atoms with Crippen LogP contribution in [0.4, 0.5) is 0 Å². The molecule has 2 N–H and O–H groups in total. The molecule has 0 atom stereocenters. The lowest BCUT2D eigenvalue weighted by molar-refractivity contribution is 0.1000. The molecule has 0 aliphatic heterocycles. The van der Waals surface area contributed by atoms with E-state index in [0.717, 1.165) is 28.1 Å². The Labute approximate surface area is 112 Å². The molecule has 0 unspecified atom stereocenters. The second-order valence-corrected chi connectivity index (χ2v) is 4.44. The van der Waals surface area contributed by atoms with Gasteiger partial charge >= 0.3 is 0 Å². The van der Waals surface area contributed by atoms with E-state index >= 15 is 0 Å². The predicted molar refractivity (Wildman–Crippen MR) is 74.2 cm³/mol. The van der Waals surface area contributed by atoms with Gasteiger partial charge in [0.1, 0.15) is 5.75 Å². The van der Waals surface area contributed by atoms with Crippen LogP contribution in [-0.4, -0.2) is 18.0 Å². The molecular weight excluding hydrogens is 240 g/mol. The summed E-state index contributed by atoms with van der Waals surface area (Å²) in [6.07, 6.45) is 1.59. The van der Waals surface area contributed by atoms with Crippen LogP contribution in [0.2, 0.25) is 0 Å². The first-order valence-electron chi connectivity index (χ1n) is 5.94. The van der Waals surface area contributed by atoms with Crippen molar-refractivity contribution in [2.75, 3.05) is 7.11 Å². The summed E-state index contributed by atoms with van der Waals surface area (Å²) in [5, 5.41) is 0. The normalized spacial score (nSPS) is 10.3. The molecule has 2 rings (SSSR count). The molecule has 4 nitrogen and oxygen atoms in total. The molecule has 0 spiro atoms. The monoisotopic (exact) mass is 256 g/mol. The highest BCUT2D eigenvalue weighted by Gasteiger charge is 2.09. The Morgan fingerprint density at radius 1 is 1.21 bits per heavy atom. The number of rotatable bonds is 3. The summed E-state index contributed by atoms with van der Waals surface area (Å²) in [5.41, 5.74) is 9.47. The van der Waals surface area contributed by atoms with Crippen LogP contribution in [0.3, 0.4) is 0 Å². The van der Waals surface area contributed by atoms with Gasteiger partial charge in [-0.3, -0.25) is 9.78 Å². The molecule has 0 aliphatic carbocycles. The molecule has 0 radical (unpaired) electrons. The number of benzene rings is 1. The SMILES string of the molecule is COc1c(C)cc(-c2cc(C(N)=O)ccn2)cc1C. The molecule has 1 aromatic heterocycles. The maximum Gasteiger partial charge on any atom is 0.248 e. The number of pyridine rings is 1. The Hall–Kier alpha value is -2.36. The number of primary amides is 1. The molecule has 0 saturated carbocycles. The zero-order valence-electron chi connectivity index (χ0n) is 11.2. The van der Waals surface area contributed by atoms with Crippen LogP contribution in [-0.2, 0) is 0 Å². The van der Waals surface area contributed by atoms with Crippen molar-refractivity contribution >= 4 is 5.91 Å². The molecular formula is C15H16N2O2. The van der Waals surface area contributed by atoms with Crippen LogP contribution in [0.15, 0.2) is 30.5 Å². The van der Waals surface area contributed by atoms with Crippen LogP contribution in [0.25, 0.3) is 11.3 Å². The van der Waals surface area contributed by atoms with Crippen LogP contribution < -0.4 is 10.5 Å². The van der Waals surface area contributed by atoms with E-state index < -0.39 is 5.91 Å². The minimum atomic E-state index is -0.453. The molecule has 1 amide bonds. The van der Waals surface area contributed by atoms with E-state index in [9.17, 15) is 4.79 Å². The Morgan fingerprint density at radius 3 is 2.37 bits per heavy atom.